The summed E-state index contributed by atoms with van der Waals surface area (Å²) in [5.74, 6) is 0. The fraction of sp³-hybridized carbons (Fsp3) is 0.111. The van der Waals surface area contributed by atoms with Gasteiger partial charge in [-0.25, -0.2) is 4.74 Å². The highest BCUT2D eigenvalue weighted by molar-refractivity contribution is 6.03. The van der Waals surface area contributed by atoms with E-state index in [9.17, 15) is 10.4 Å². The second-order valence-electron chi connectivity index (χ2n) is 4.81. The zero-order valence-corrected chi connectivity index (χ0v) is 12.3. The molecule has 1 N–H and O–H groups in total. The molecule has 0 heterocycles. The van der Waals surface area contributed by atoms with Crippen LogP contribution < -0.4 is 0 Å². The zero-order valence-electron chi connectivity index (χ0n) is 12.3. The first-order chi connectivity index (χ1) is 10.7. The molecular weight excluding hydrogens is 276 g/mol. The van der Waals surface area contributed by atoms with Gasteiger partial charge in [0.05, 0.1) is 0 Å². The van der Waals surface area contributed by atoms with Gasteiger partial charge in [0.15, 0.2) is 11.9 Å². The molecule has 0 spiro atoms. The van der Waals surface area contributed by atoms with Crippen LogP contribution in [0, 0.1) is 5.21 Å². The van der Waals surface area contributed by atoms with Crippen molar-refractivity contribution in [1.82, 2.24) is 0 Å². The zero-order chi connectivity index (χ0) is 15.8. The summed E-state index contributed by atoms with van der Waals surface area (Å²) in [5, 5.41) is 24.6. The molecule has 22 heavy (non-hydrogen) atoms. The molecule has 0 bridgehead atoms. The Hall–Kier alpha value is -2.88. The first-order valence-corrected chi connectivity index (χ1v) is 7.02. The molecule has 2 rings (SSSR count). The van der Waals surface area contributed by atoms with E-state index in [0.717, 1.165) is 15.9 Å². The normalized spacial score (nSPS) is 14.2. The Bertz CT molecular complexity index is 677. The van der Waals surface area contributed by atoms with Crippen LogP contribution in [0.15, 0.2) is 71.9 Å². The van der Waals surface area contributed by atoms with Crippen molar-refractivity contribution in [2.75, 3.05) is 0 Å². The van der Waals surface area contributed by atoms with E-state index < -0.39 is 6.04 Å². The average Bonchev–Trinajstić information content (AvgIpc) is 2.57. The molecule has 0 saturated heterocycles. The van der Waals surface area contributed by atoms with Crippen LogP contribution in [0.2, 0.25) is 0 Å². The number of allylic oxidation sites excluding steroid dienone is 1. The molecular formula is C18H18N2O2. The van der Waals surface area contributed by atoms with Crippen LogP contribution in [-0.2, 0) is 0 Å². The molecule has 0 saturated carbocycles. The Balaban J connectivity index is 2.12. The van der Waals surface area contributed by atoms with Crippen molar-refractivity contribution in [3.8, 4) is 0 Å². The molecule has 0 fully saturated rings. The molecule has 2 aromatic rings. The van der Waals surface area contributed by atoms with Crippen LogP contribution in [0.4, 0.5) is 0 Å². The lowest BCUT2D eigenvalue weighted by Gasteiger charge is -2.13. The van der Waals surface area contributed by atoms with E-state index in [2.05, 4.69) is 5.16 Å². The Morgan fingerprint density at radius 3 is 2.27 bits per heavy atom. The van der Waals surface area contributed by atoms with Gasteiger partial charge in [0, 0.05) is 18.6 Å². The Morgan fingerprint density at radius 1 is 1.09 bits per heavy atom. The van der Waals surface area contributed by atoms with Crippen LogP contribution in [0.25, 0.3) is 6.08 Å². The lowest BCUT2D eigenvalue weighted by Crippen LogP contribution is -2.29. The highest BCUT2D eigenvalue weighted by atomic mass is 16.5. The van der Waals surface area contributed by atoms with E-state index in [1.54, 1.807) is 25.1 Å². The number of rotatable bonds is 5. The highest BCUT2D eigenvalue weighted by Crippen LogP contribution is 2.07. The summed E-state index contributed by atoms with van der Waals surface area (Å²) in [4.78, 5) is 0. The number of hydroxylamine groups is 1. The van der Waals surface area contributed by atoms with Crippen LogP contribution in [0.5, 0.6) is 0 Å². The van der Waals surface area contributed by atoms with Crippen molar-refractivity contribution in [2.45, 2.75) is 13.0 Å². The third-order valence-corrected chi connectivity index (χ3v) is 3.28. The smallest absolute Gasteiger partial charge is 0.206 e. The molecule has 0 aliphatic carbocycles. The van der Waals surface area contributed by atoms with Gasteiger partial charge in [0.1, 0.15) is 0 Å². The summed E-state index contributed by atoms with van der Waals surface area (Å²) in [5.41, 5.74) is 2.07. The van der Waals surface area contributed by atoms with Gasteiger partial charge in [0.2, 0.25) is 6.04 Å². The summed E-state index contributed by atoms with van der Waals surface area (Å²) in [6.45, 7) is 1.70. The number of hydrogen-bond donors (Lipinski definition) is 1. The monoisotopic (exact) mass is 294 g/mol. The minimum absolute atomic E-state index is 0.333. The largest absolute Gasteiger partial charge is 0.623 e. The maximum Gasteiger partial charge on any atom is 0.206 e. The fourth-order valence-electron chi connectivity index (χ4n) is 2.04. The first kappa shape index (κ1) is 15.5. The van der Waals surface area contributed by atoms with Crippen LogP contribution in [0.3, 0.4) is 0 Å². The van der Waals surface area contributed by atoms with Crippen molar-refractivity contribution < 1.29 is 9.95 Å². The minimum Gasteiger partial charge on any atom is -0.623 e. The quantitative estimate of drug-likeness (QED) is 0.301. The fourth-order valence-corrected chi connectivity index (χ4v) is 2.04. The van der Waals surface area contributed by atoms with Crippen molar-refractivity contribution >= 4 is 18.0 Å². The average molecular weight is 294 g/mol. The molecule has 4 nitrogen and oxygen atoms in total. The lowest BCUT2D eigenvalue weighted by atomic mass is 10.1. The number of nitrogens with zero attached hydrogens (tertiary/aromatic N) is 2. The van der Waals surface area contributed by atoms with E-state index >= 15 is 0 Å². The van der Waals surface area contributed by atoms with Crippen molar-refractivity contribution in [1.29, 1.82) is 0 Å². The third kappa shape index (κ3) is 4.06. The van der Waals surface area contributed by atoms with Gasteiger partial charge in [-0.15, -0.1) is 0 Å². The van der Waals surface area contributed by atoms with Gasteiger partial charge in [-0.05, 0) is 11.6 Å². The van der Waals surface area contributed by atoms with Gasteiger partial charge < -0.3 is 10.4 Å². The molecule has 0 aliphatic rings. The SMILES string of the molecule is C[C@H](/C(=N\O)c1ccccc1)/[N+]([O-])=C/C=C/c1ccccc1. The number of hydrogen-bond acceptors (Lipinski definition) is 3. The molecule has 0 radical (unpaired) electrons. The third-order valence-electron chi connectivity index (χ3n) is 3.28. The molecule has 0 aliphatic heterocycles. The van der Waals surface area contributed by atoms with Gasteiger partial charge in [-0.2, -0.15) is 0 Å². The van der Waals surface area contributed by atoms with E-state index in [-0.39, 0.29) is 0 Å². The maximum absolute atomic E-state index is 12.1. The number of benzene rings is 2. The second kappa shape index (κ2) is 7.78. The lowest BCUT2D eigenvalue weighted by molar-refractivity contribution is -0.471. The van der Waals surface area contributed by atoms with Crippen molar-refractivity contribution in [2.24, 2.45) is 5.16 Å². The second-order valence-corrected chi connectivity index (χ2v) is 4.81. The van der Waals surface area contributed by atoms with Gasteiger partial charge >= 0.3 is 0 Å². The maximum atomic E-state index is 12.1. The Kier molecular flexibility index (Phi) is 5.49. The molecule has 1 atom stereocenters. The number of oxime groups is 1. The van der Waals surface area contributed by atoms with E-state index in [1.807, 2.05) is 54.6 Å². The van der Waals surface area contributed by atoms with E-state index in [1.165, 1.54) is 6.21 Å². The standard InChI is InChI=1S/C18H18N2O2/c1-15(18(19-21)17-12-6-3-7-13-17)20(22)14-8-11-16-9-4-2-5-10-16/h2-15,21H,1H3/b11-8+,19-18+,20-14-/t15-/m1/s1. The van der Waals surface area contributed by atoms with Gasteiger partial charge in [0.25, 0.3) is 0 Å². The summed E-state index contributed by atoms with van der Waals surface area (Å²) in [7, 11) is 0. The molecule has 0 aromatic heterocycles. The molecule has 0 unspecified atom stereocenters. The summed E-state index contributed by atoms with van der Waals surface area (Å²) in [6, 6.07) is 18.3. The predicted octanol–water partition coefficient (Wildman–Crippen LogP) is 3.55. The van der Waals surface area contributed by atoms with Gasteiger partial charge in [-0.3, -0.25) is 0 Å². The predicted molar refractivity (Wildman–Crippen MR) is 89.4 cm³/mol. The summed E-state index contributed by atoms with van der Waals surface area (Å²) < 4.78 is 0.765. The van der Waals surface area contributed by atoms with Crippen LogP contribution >= 0.6 is 0 Å². The summed E-state index contributed by atoms with van der Waals surface area (Å²) >= 11 is 0. The minimum atomic E-state index is -0.590. The Labute approximate surface area is 129 Å². The molecule has 0 amide bonds. The van der Waals surface area contributed by atoms with Crippen LogP contribution in [-0.4, -0.2) is 27.9 Å². The molecule has 2 aromatic carbocycles. The van der Waals surface area contributed by atoms with Crippen LogP contribution in [0.1, 0.15) is 18.1 Å². The summed E-state index contributed by atoms with van der Waals surface area (Å²) in [6.07, 6.45) is 4.94. The Morgan fingerprint density at radius 2 is 1.68 bits per heavy atom. The van der Waals surface area contributed by atoms with E-state index in [0.29, 0.717) is 5.71 Å². The van der Waals surface area contributed by atoms with Crippen molar-refractivity contribution in [3.05, 3.63) is 83.1 Å². The highest BCUT2D eigenvalue weighted by Gasteiger charge is 2.19. The van der Waals surface area contributed by atoms with Crippen molar-refractivity contribution in [3.63, 3.8) is 0 Å². The van der Waals surface area contributed by atoms with Gasteiger partial charge in [-0.1, -0.05) is 65.8 Å². The molecule has 4 heteroatoms. The topological polar surface area (TPSA) is 58.7 Å². The first-order valence-electron chi connectivity index (χ1n) is 7.02. The molecule has 112 valence electrons. The van der Waals surface area contributed by atoms with E-state index in [4.69, 9.17) is 0 Å².